The van der Waals surface area contributed by atoms with E-state index in [-0.39, 0.29) is 18.0 Å². The van der Waals surface area contributed by atoms with Crippen molar-refractivity contribution in [2.24, 2.45) is 0 Å². The molecule has 3 N–H and O–H groups in total. The first-order valence-corrected chi connectivity index (χ1v) is 6.63. The number of fused-ring (bicyclic) bond motifs is 1. The Bertz CT molecular complexity index is 460. The van der Waals surface area contributed by atoms with Gasteiger partial charge in [0, 0.05) is 6.04 Å². The quantitative estimate of drug-likeness (QED) is 0.730. The van der Waals surface area contributed by atoms with Gasteiger partial charge in [-0.3, -0.25) is 10.2 Å². The molecule has 1 aromatic rings. The number of amides is 1. The van der Waals surface area contributed by atoms with Crippen molar-refractivity contribution in [3.63, 3.8) is 0 Å². The van der Waals surface area contributed by atoms with Crippen LogP contribution in [-0.2, 0) is 11.2 Å². The summed E-state index contributed by atoms with van der Waals surface area (Å²) in [5, 5.41) is 3.16. The normalized spacial score (nSPS) is 30.2. The third kappa shape index (κ3) is 2.13. The number of hydrazine groups is 1. The summed E-state index contributed by atoms with van der Waals surface area (Å²) in [6.45, 7) is 2.07. The van der Waals surface area contributed by atoms with E-state index in [1.54, 1.807) is 0 Å². The van der Waals surface area contributed by atoms with Gasteiger partial charge in [0.2, 0.25) is 5.91 Å². The van der Waals surface area contributed by atoms with Gasteiger partial charge in [0.15, 0.2) is 0 Å². The summed E-state index contributed by atoms with van der Waals surface area (Å²) in [5.41, 5.74) is 8.78. The van der Waals surface area contributed by atoms with E-state index in [0.717, 1.165) is 19.3 Å². The Morgan fingerprint density at radius 2 is 2.17 bits per heavy atom. The minimum atomic E-state index is -0.104. The highest BCUT2D eigenvalue weighted by molar-refractivity contribution is 5.82. The van der Waals surface area contributed by atoms with Gasteiger partial charge in [-0.05, 0) is 37.3 Å². The van der Waals surface area contributed by atoms with E-state index in [2.05, 4.69) is 41.3 Å². The Hall–Kier alpha value is -1.39. The third-order valence-electron chi connectivity index (χ3n) is 3.86. The summed E-state index contributed by atoms with van der Waals surface area (Å²) in [4.78, 5) is 12.1. The topological polar surface area (TPSA) is 53.2 Å². The molecule has 0 bridgehead atoms. The van der Waals surface area contributed by atoms with Crippen molar-refractivity contribution >= 4 is 5.91 Å². The van der Waals surface area contributed by atoms with Gasteiger partial charge in [0.05, 0.1) is 6.04 Å². The first kappa shape index (κ1) is 11.7. The summed E-state index contributed by atoms with van der Waals surface area (Å²) < 4.78 is 0. The van der Waals surface area contributed by atoms with Crippen molar-refractivity contribution in [2.45, 2.75) is 44.3 Å². The SMILES string of the molecule is CC1CC(C(=O)NC2CCc3ccccc32)NN1. The van der Waals surface area contributed by atoms with Crippen molar-refractivity contribution in [1.29, 1.82) is 0 Å². The van der Waals surface area contributed by atoms with Crippen molar-refractivity contribution in [2.75, 3.05) is 0 Å². The van der Waals surface area contributed by atoms with Gasteiger partial charge in [-0.25, -0.2) is 5.43 Å². The number of hydrogen-bond donors (Lipinski definition) is 3. The maximum atomic E-state index is 12.1. The fourth-order valence-corrected chi connectivity index (χ4v) is 2.87. The molecule has 4 heteroatoms. The maximum absolute atomic E-state index is 12.1. The summed E-state index contributed by atoms with van der Waals surface area (Å²) in [5.74, 6) is 0.105. The predicted molar refractivity (Wildman–Crippen MR) is 69.8 cm³/mol. The van der Waals surface area contributed by atoms with Crippen molar-refractivity contribution < 1.29 is 4.79 Å². The Balaban J connectivity index is 1.66. The smallest absolute Gasteiger partial charge is 0.239 e. The van der Waals surface area contributed by atoms with Crippen LogP contribution in [0.15, 0.2) is 24.3 Å². The molecule has 3 rings (SSSR count). The molecule has 1 saturated heterocycles. The molecule has 0 radical (unpaired) electrons. The van der Waals surface area contributed by atoms with Crippen molar-refractivity contribution in [1.82, 2.24) is 16.2 Å². The van der Waals surface area contributed by atoms with Crippen LogP contribution in [0.2, 0.25) is 0 Å². The largest absolute Gasteiger partial charge is 0.348 e. The second-order valence-electron chi connectivity index (χ2n) is 5.28. The van der Waals surface area contributed by atoms with Crippen LogP contribution in [0.25, 0.3) is 0 Å². The maximum Gasteiger partial charge on any atom is 0.239 e. The number of carbonyl (C=O) groups excluding carboxylic acids is 1. The summed E-state index contributed by atoms with van der Waals surface area (Å²) in [6.07, 6.45) is 2.93. The van der Waals surface area contributed by atoms with E-state index in [1.807, 2.05) is 6.07 Å². The number of nitrogens with one attached hydrogen (secondary N) is 3. The average molecular weight is 245 g/mol. The average Bonchev–Trinajstić information content (AvgIpc) is 2.97. The first-order chi connectivity index (χ1) is 8.74. The molecule has 3 unspecified atom stereocenters. The second kappa shape index (κ2) is 4.71. The van der Waals surface area contributed by atoms with Crippen LogP contribution in [0.4, 0.5) is 0 Å². The zero-order valence-electron chi connectivity index (χ0n) is 10.6. The van der Waals surface area contributed by atoms with E-state index in [4.69, 9.17) is 0 Å². The molecule has 1 heterocycles. The number of rotatable bonds is 2. The molecular weight excluding hydrogens is 226 g/mol. The lowest BCUT2D eigenvalue weighted by atomic mass is 10.1. The van der Waals surface area contributed by atoms with Crippen LogP contribution in [0.3, 0.4) is 0 Å². The molecule has 96 valence electrons. The fourth-order valence-electron chi connectivity index (χ4n) is 2.87. The molecule has 1 aliphatic carbocycles. The van der Waals surface area contributed by atoms with Gasteiger partial charge in [0.25, 0.3) is 0 Å². The number of benzene rings is 1. The first-order valence-electron chi connectivity index (χ1n) is 6.63. The molecule has 18 heavy (non-hydrogen) atoms. The third-order valence-corrected chi connectivity index (χ3v) is 3.86. The van der Waals surface area contributed by atoms with Crippen LogP contribution in [0, 0.1) is 0 Å². The van der Waals surface area contributed by atoms with Gasteiger partial charge >= 0.3 is 0 Å². The van der Waals surface area contributed by atoms with Crippen molar-refractivity contribution in [3.8, 4) is 0 Å². The standard InChI is InChI=1S/C14H19N3O/c1-9-8-13(17-16-9)14(18)15-12-7-6-10-4-2-3-5-11(10)12/h2-5,9,12-13,16-17H,6-8H2,1H3,(H,15,18). The number of aryl methyl sites for hydroxylation is 1. The summed E-state index contributed by atoms with van der Waals surface area (Å²) >= 11 is 0. The molecule has 2 aliphatic rings. The summed E-state index contributed by atoms with van der Waals surface area (Å²) in [7, 11) is 0. The van der Waals surface area contributed by atoms with Gasteiger partial charge in [-0.1, -0.05) is 24.3 Å². The Morgan fingerprint density at radius 1 is 1.33 bits per heavy atom. The van der Waals surface area contributed by atoms with Crippen LogP contribution >= 0.6 is 0 Å². The molecule has 4 nitrogen and oxygen atoms in total. The Labute approximate surface area is 107 Å². The highest BCUT2D eigenvalue weighted by Crippen LogP contribution is 2.30. The van der Waals surface area contributed by atoms with Crippen LogP contribution in [0.5, 0.6) is 0 Å². The lowest BCUT2D eigenvalue weighted by Gasteiger charge is -2.17. The molecule has 1 aromatic carbocycles. The zero-order valence-corrected chi connectivity index (χ0v) is 10.6. The second-order valence-corrected chi connectivity index (χ2v) is 5.28. The molecule has 0 spiro atoms. The van der Waals surface area contributed by atoms with E-state index < -0.39 is 0 Å². The van der Waals surface area contributed by atoms with Gasteiger partial charge in [-0.2, -0.15) is 0 Å². The van der Waals surface area contributed by atoms with Gasteiger partial charge in [0.1, 0.15) is 6.04 Å². The Kier molecular flexibility index (Phi) is 3.06. The molecule has 1 amide bonds. The highest BCUT2D eigenvalue weighted by atomic mass is 16.2. The number of carbonyl (C=O) groups is 1. The van der Waals surface area contributed by atoms with E-state index >= 15 is 0 Å². The monoisotopic (exact) mass is 245 g/mol. The molecule has 0 saturated carbocycles. The lowest BCUT2D eigenvalue weighted by Crippen LogP contribution is -2.44. The predicted octanol–water partition coefficient (Wildman–Crippen LogP) is 1.05. The van der Waals surface area contributed by atoms with E-state index in [1.165, 1.54) is 11.1 Å². The molecule has 3 atom stereocenters. The minimum Gasteiger partial charge on any atom is -0.348 e. The highest BCUT2D eigenvalue weighted by Gasteiger charge is 2.30. The van der Waals surface area contributed by atoms with E-state index in [9.17, 15) is 4.79 Å². The summed E-state index contributed by atoms with van der Waals surface area (Å²) in [6, 6.07) is 8.82. The van der Waals surface area contributed by atoms with Crippen LogP contribution in [0.1, 0.15) is 36.9 Å². The zero-order chi connectivity index (χ0) is 12.5. The van der Waals surface area contributed by atoms with E-state index in [0.29, 0.717) is 6.04 Å². The van der Waals surface area contributed by atoms with Gasteiger partial charge in [-0.15, -0.1) is 0 Å². The fraction of sp³-hybridized carbons (Fsp3) is 0.500. The molecular formula is C14H19N3O. The minimum absolute atomic E-state index is 0.104. The molecule has 1 aliphatic heterocycles. The van der Waals surface area contributed by atoms with Crippen molar-refractivity contribution in [3.05, 3.63) is 35.4 Å². The molecule has 0 aromatic heterocycles. The van der Waals surface area contributed by atoms with Crippen LogP contribution < -0.4 is 16.2 Å². The lowest BCUT2D eigenvalue weighted by molar-refractivity contribution is -0.123. The van der Waals surface area contributed by atoms with Gasteiger partial charge < -0.3 is 5.32 Å². The Morgan fingerprint density at radius 3 is 2.94 bits per heavy atom. The number of hydrogen-bond acceptors (Lipinski definition) is 3. The van der Waals surface area contributed by atoms with Crippen LogP contribution in [-0.4, -0.2) is 18.0 Å². The molecule has 1 fully saturated rings.